The van der Waals surface area contributed by atoms with Gasteiger partial charge in [0.05, 0.1) is 6.67 Å². The van der Waals surface area contributed by atoms with Gasteiger partial charge >= 0.3 is 0 Å². The van der Waals surface area contributed by atoms with E-state index in [1.807, 2.05) is 0 Å². The average molecular weight is 216 g/mol. The zero-order valence-corrected chi connectivity index (χ0v) is 9.95. The number of nitrogens with one attached hydrogen (secondary N) is 1. The number of hydrogen-bond acceptors (Lipinski definition) is 2. The van der Waals surface area contributed by atoms with Crippen LogP contribution in [0.2, 0.25) is 0 Å². The fourth-order valence-corrected chi connectivity index (χ4v) is 2.02. The van der Waals surface area contributed by atoms with Crippen LogP contribution >= 0.6 is 0 Å². The van der Waals surface area contributed by atoms with E-state index in [4.69, 9.17) is 0 Å². The lowest BCUT2D eigenvalue weighted by Crippen LogP contribution is -2.23. The van der Waals surface area contributed by atoms with Gasteiger partial charge in [0.2, 0.25) is 0 Å². The molecule has 0 saturated carbocycles. The van der Waals surface area contributed by atoms with Crippen LogP contribution in [0.3, 0.4) is 0 Å². The van der Waals surface area contributed by atoms with Gasteiger partial charge in [-0.1, -0.05) is 43.7 Å². The summed E-state index contributed by atoms with van der Waals surface area (Å²) in [5.74, 6) is 0. The van der Waals surface area contributed by atoms with E-state index in [9.17, 15) is 0 Å². The summed E-state index contributed by atoms with van der Waals surface area (Å²) in [4.78, 5) is 2.42. The van der Waals surface area contributed by atoms with Gasteiger partial charge < -0.3 is 10.2 Å². The first-order chi connectivity index (χ1) is 7.90. The molecule has 0 fully saturated rings. The van der Waals surface area contributed by atoms with Gasteiger partial charge in [-0.2, -0.15) is 0 Å². The Bertz CT molecular complexity index is 343. The molecule has 1 aromatic carbocycles. The third-order valence-corrected chi connectivity index (χ3v) is 2.96. The molecule has 0 unspecified atom stereocenters. The second-order valence-electron chi connectivity index (χ2n) is 4.29. The summed E-state index contributed by atoms with van der Waals surface area (Å²) in [7, 11) is 0. The van der Waals surface area contributed by atoms with Gasteiger partial charge in [0.15, 0.2) is 0 Å². The monoisotopic (exact) mass is 216 g/mol. The molecule has 0 radical (unpaired) electrons. The number of rotatable bonds is 5. The first kappa shape index (κ1) is 11.1. The molecule has 2 rings (SSSR count). The van der Waals surface area contributed by atoms with Crippen molar-refractivity contribution in [1.82, 2.24) is 10.2 Å². The largest absolute Gasteiger partial charge is 0.372 e. The number of nitrogens with zero attached hydrogens (tertiary/aromatic N) is 1. The molecule has 0 bridgehead atoms. The molecule has 1 aromatic rings. The van der Waals surface area contributed by atoms with Crippen LogP contribution in [0.4, 0.5) is 0 Å². The highest BCUT2D eigenvalue weighted by Crippen LogP contribution is 2.18. The van der Waals surface area contributed by atoms with Gasteiger partial charge in [0, 0.05) is 18.4 Å². The normalized spacial score (nSPS) is 14.8. The second-order valence-corrected chi connectivity index (χ2v) is 4.29. The molecule has 0 atom stereocenters. The zero-order chi connectivity index (χ0) is 11.2. The molecule has 0 saturated heterocycles. The van der Waals surface area contributed by atoms with Gasteiger partial charge in [-0.15, -0.1) is 0 Å². The third-order valence-electron chi connectivity index (χ3n) is 2.96. The maximum absolute atomic E-state index is 3.32. The van der Waals surface area contributed by atoms with Crippen LogP contribution in [0.15, 0.2) is 42.2 Å². The third kappa shape index (κ3) is 2.78. The standard InChI is InChI=1S/C14H20N2/c1-2-3-9-14-10-15-12-16(14)11-13-7-5-4-6-8-13/h4-8,10,15H,2-3,9,11-12H2,1H3. The van der Waals surface area contributed by atoms with Gasteiger partial charge in [-0.05, 0) is 18.4 Å². The molecule has 1 heterocycles. The molecule has 2 nitrogen and oxygen atoms in total. The molecular weight excluding hydrogens is 196 g/mol. The van der Waals surface area contributed by atoms with Crippen LogP contribution in [-0.2, 0) is 6.54 Å². The highest BCUT2D eigenvalue weighted by molar-refractivity contribution is 5.17. The molecule has 0 aliphatic carbocycles. The number of hydrogen-bond donors (Lipinski definition) is 1. The Labute approximate surface area is 98.0 Å². The van der Waals surface area contributed by atoms with E-state index in [-0.39, 0.29) is 0 Å². The molecule has 1 aliphatic heterocycles. The lowest BCUT2D eigenvalue weighted by molar-refractivity contribution is 0.343. The predicted octanol–water partition coefficient (Wildman–Crippen LogP) is 3.08. The fourth-order valence-electron chi connectivity index (χ4n) is 2.02. The lowest BCUT2D eigenvalue weighted by atomic mass is 10.1. The Morgan fingerprint density at radius 1 is 1.25 bits per heavy atom. The summed E-state index contributed by atoms with van der Waals surface area (Å²) in [6.45, 7) is 4.21. The average Bonchev–Trinajstić information content (AvgIpc) is 2.75. The van der Waals surface area contributed by atoms with E-state index in [1.165, 1.54) is 30.5 Å². The molecule has 0 amide bonds. The Morgan fingerprint density at radius 2 is 2.06 bits per heavy atom. The maximum atomic E-state index is 3.32. The van der Waals surface area contributed by atoms with E-state index in [2.05, 4.69) is 53.7 Å². The van der Waals surface area contributed by atoms with Crippen LogP contribution < -0.4 is 5.32 Å². The molecule has 0 aromatic heterocycles. The molecule has 16 heavy (non-hydrogen) atoms. The summed E-state index contributed by atoms with van der Waals surface area (Å²) in [6, 6.07) is 10.7. The van der Waals surface area contributed by atoms with Gasteiger partial charge in [-0.3, -0.25) is 0 Å². The van der Waals surface area contributed by atoms with Crippen molar-refractivity contribution in [1.29, 1.82) is 0 Å². The van der Waals surface area contributed by atoms with Crippen LogP contribution in [0.5, 0.6) is 0 Å². The molecule has 2 heteroatoms. The summed E-state index contributed by atoms with van der Waals surface area (Å²) in [6.07, 6.45) is 5.89. The first-order valence-electron chi connectivity index (χ1n) is 6.11. The SMILES string of the molecule is CCCCC1=CNCN1Cc1ccccc1. The Hall–Kier alpha value is -1.44. The van der Waals surface area contributed by atoms with Crippen LogP contribution in [0, 0.1) is 0 Å². The zero-order valence-electron chi connectivity index (χ0n) is 9.95. The first-order valence-corrected chi connectivity index (χ1v) is 6.11. The van der Waals surface area contributed by atoms with Crippen molar-refractivity contribution in [2.45, 2.75) is 32.7 Å². The minimum absolute atomic E-state index is 0.952. The second kappa shape index (κ2) is 5.59. The highest BCUT2D eigenvalue weighted by atomic mass is 15.3. The molecular formula is C14H20N2. The van der Waals surface area contributed by atoms with Crippen LogP contribution in [-0.4, -0.2) is 11.6 Å². The van der Waals surface area contributed by atoms with Crippen molar-refractivity contribution in [2.24, 2.45) is 0 Å². The quantitative estimate of drug-likeness (QED) is 0.813. The van der Waals surface area contributed by atoms with E-state index in [0.29, 0.717) is 0 Å². The Balaban J connectivity index is 1.92. The van der Waals surface area contributed by atoms with Crippen molar-refractivity contribution in [3.63, 3.8) is 0 Å². The summed E-state index contributed by atoms with van der Waals surface area (Å²) < 4.78 is 0. The van der Waals surface area contributed by atoms with E-state index in [0.717, 1.165) is 13.2 Å². The lowest BCUT2D eigenvalue weighted by Gasteiger charge is -2.21. The van der Waals surface area contributed by atoms with Gasteiger partial charge in [0.25, 0.3) is 0 Å². The summed E-state index contributed by atoms with van der Waals surface area (Å²) >= 11 is 0. The molecule has 0 spiro atoms. The topological polar surface area (TPSA) is 15.3 Å². The van der Waals surface area contributed by atoms with Crippen molar-refractivity contribution < 1.29 is 0 Å². The summed E-state index contributed by atoms with van der Waals surface area (Å²) in [5.41, 5.74) is 2.83. The molecule has 1 N–H and O–H groups in total. The number of allylic oxidation sites excluding steroid dienone is 1. The van der Waals surface area contributed by atoms with Crippen molar-refractivity contribution in [3.05, 3.63) is 47.8 Å². The molecule has 86 valence electrons. The van der Waals surface area contributed by atoms with Gasteiger partial charge in [-0.25, -0.2) is 0 Å². The Kier molecular flexibility index (Phi) is 3.86. The summed E-state index contributed by atoms with van der Waals surface area (Å²) in [5, 5.41) is 3.32. The molecule has 1 aliphatic rings. The van der Waals surface area contributed by atoms with E-state index in [1.54, 1.807) is 0 Å². The van der Waals surface area contributed by atoms with Gasteiger partial charge in [0.1, 0.15) is 0 Å². The van der Waals surface area contributed by atoms with Crippen molar-refractivity contribution in [2.75, 3.05) is 6.67 Å². The minimum Gasteiger partial charge on any atom is -0.372 e. The predicted molar refractivity (Wildman–Crippen MR) is 67.6 cm³/mol. The Morgan fingerprint density at radius 3 is 2.81 bits per heavy atom. The minimum atomic E-state index is 0.952. The van der Waals surface area contributed by atoms with E-state index < -0.39 is 0 Å². The van der Waals surface area contributed by atoms with Crippen LogP contribution in [0.25, 0.3) is 0 Å². The highest BCUT2D eigenvalue weighted by Gasteiger charge is 2.13. The van der Waals surface area contributed by atoms with Crippen molar-refractivity contribution in [3.8, 4) is 0 Å². The van der Waals surface area contributed by atoms with Crippen molar-refractivity contribution >= 4 is 0 Å². The number of unbranched alkanes of at least 4 members (excludes halogenated alkanes) is 1. The van der Waals surface area contributed by atoms with Crippen LogP contribution in [0.1, 0.15) is 31.7 Å². The smallest absolute Gasteiger partial charge is 0.0873 e. The fraction of sp³-hybridized carbons (Fsp3) is 0.429. The number of benzene rings is 1. The van der Waals surface area contributed by atoms with E-state index >= 15 is 0 Å². The maximum Gasteiger partial charge on any atom is 0.0873 e.